The van der Waals surface area contributed by atoms with Crippen molar-refractivity contribution in [3.05, 3.63) is 92.3 Å². The summed E-state index contributed by atoms with van der Waals surface area (Å²) in [6.45, 7) is 5.19. The Balaban J connectivity index is 1.94. The molecule has 1 N–H and O–H groups in total. The van der Waals surface area contributed by atoms with Crippen LogP contribution in [0.5, 0.6) is 5.75 Å². The van der Waals surface area contributed by atoms with Crippen LogP contribution in [-0.2, 0) is 23.9 Å². The van der Waals surface area contributed by atoms with Crippen molar-refractivity contribution in [3.63, 3.8) is 0 Å². The zero-order valence-corrected chi connectivity index (χ0v) is 22.2. The summed E-state index contributed by atoms with van der Waals surface area (Å²) in [5.41, 5.74) is 2.18. The van der Waals surface area contributed by atoms with Crippen LogP contribution < -0.4 is 10.1 Å². The Labute approximate surface area is 225 Å². The van der Waals surface area contributed by atoms with E-state index in [1.165, 1.54) is 25.3 Å². The summed E-state index contributed by atoms with van der Waals surface area (Å²) in [4.78, 5) is 51.9. The molecule has 0 radical (unpaired) electrons. The molecule has 204 valence electrons. The molecule has 0 amide bonds. The van der Waals surface area contributed by atoms with E-state index in [2.05, 4.69) is 5.32 Å². The van der Waals surface area contributed by atoms with E-state index >= 15 is 0 Å². The van der Waals surface area contributed by atoms with Crippen molar-refractivity contribution in [3.8, 4) is 5.75 Å². The van der Waals surface area contributed by atoms with Crippen LogP contribution in [0.2, 0.25) is 0 Å². The lowest BCUT2D eigenvalue weighted by Crippen LogP contribution is -2.43. The fourth-order valence-corrected chi connectivity index (χ4v) is 5.43. The first-order valence-electron chi connectivity index (χ1n) is 12.7. The van der Waals surface area contributed by atoms with E-state index in [4.69, 9.17) is 14.2 Å². The van der Waals surface area contributed by atoms with Gasteiger partial charge in [0.2, 0.25) is 0 Å². The highest BCUT2D eigenvalue weighted by atomic mass is 16.6. The number of benzene rings is 2. The maximum atomic E-state index is 14.3. The number of allylic oxidation sites excluding steroid dienone is 3. The summed E-state index contributed by atoms with van der Waals surface area (Å²) in [5.74, 6) is -4.15. The summed E-state index contributed by atoms with van der Waals surface area (Å²) in [6.07, 6.45) is 0.240. The number of carbonyl (C=O) groups excluding carboxylic acids is 3. The van der Waals surface area contributed by atoms with Crippen LogP contribution in [0.1, 0.15) is 50.2 Å². The Kier molecular flexibility index (Phi) is 8.13. The van der Waals surface area contributed by atoms with Gasteiger partial charge in [-0.2, -0.15) is 0 Å². The van der Waals surface area contributed by atoms with E-state index in [0.717, 1.165) is 0 Å². The second kappa shape index (κ2) is 11.5. The number of ketones is 1. The van der Waals surface area contributed by atoms with Crippen molar-refractivity contribution >= 4 is 23.4 Å². The minimum absolute atomic E-state index is 0.0762. The fourth-order valence-electron chi connectivity index (χ4n) is 5.43. The van der Waals surface area contributed by atoms with Gasteiger partial charge in [-0.3, -0.25) is 19.7 Å². The van der Waals surface area contributed by atoms with Crippen LogP contribution in [0.15, 0.2) is 71.1 Å². The van der Waals surface area contributed by atoms with Gasteiger partial charge in [-0.15, -0.1) is 0 Å². The molecule has 39 heavy (non-hydrogen) atoms. The van der Waals surface area contributed by atoms with E-state index < -0.39 is 40.4 Å². The highest BCUT2D eigenvalue weighted by Crippen LogP contribution is 2.49. The third-order valence-corrected chi connectivity index (χ3v) is 7.01. The molecule has 0 spiro atoms. The van der Waals surface area contributed by atoms with E-state index in [-0.39, 0.29) is 36.5 Å². The predicted octanol–water partition coefficient (Wildman–Crippen LogP) is 4.32. The molecule has 10 heteroatoms. The Morgan fingerprint density at radius 3 is 2.46 bits per heavy atom. The maximum absolute atomic E-state index is 14.3. The fraction of sp³-hybridized carbons (Fsp3) is 0.345. The number of dihydropyridines is 1. The summed E-state index contributed by atoms with van der Waals surface area (Å²) >= 11 is 0. The number of nitrogens with one attached hydrogen (secondary N) is 1. The van der Waals surface area contributed by atoms with E-state index in [1.54, 1.807) is 45.0 Å². The van der Waals surface area contributed by atoms with Crippen molar-refractivity contribution < 1.29 is 33.5 Å². The lowest BCUT2D eigenvalue weighted by atomic mass is 9.67. The van der Waals surface area contributed by atoms with E-state index in [0.29, 0.717) is 28.3 Å². The number of Topliss-reactive ketones (excluding diaryl/α,β-unsaturated/α-hetero) is 1. The maximum Gasteiger partial charge on any atom is 0.336 e. The van der Waals surface area contributed by atoms with Crippen molar-refractivity contribution in [1.82, 2.24) is 5.32 Å². The molecule has 1 aliphatic heterocycles. The summed E-state index contributed by atoms with van der Waals surface area (Å²) < 4.78 is 16.2. The number of nitrogens with zero attached hydrogens (tertiary/aromatic N) is 1. The van der Waals surface area contributed by atoms with Gasteiger partial charge >= 0.3 is 11.9 Å². The zero-order chi connectivity index (χ0) is 28.3. The molecular formula is C29H30N2O8. The summed E-state index contributed by atoms with van der Waals surface area (Å²) in [6, 6.07) is 13.0. The third kappa shape index (κ3) is 5.14. The minimum Gasteiger partial charge on any atom is -0.496 e. The first-order chi connectivity index (χ1) is 18.7. The lowest BCUT2D eigenvalue weighted by molar-refractivity contribution is -0.384. The SMILES string of the molecule is CCOC(=O)C1=C(C)NC2=C(C(=O)[C@H](C(=O)OCC)[C@H](c3ccccc3OC)C2)[C@@H]1c1cccc([N+](=O)[O-])c1. The normalized spacial score (nSPS) is 20.6. The average Bonchev–Trinajstić information content (AvgIpc) is 2.92. The van der Waals surface area contributed by atoms with E-state index in [9.17, 15) is 24.5 Å². The number of hydrogen-bond donors (Lipinski definition) is 1. The first kappa shape index (κ1) is 27.6. The summed E-state index contributed by atoms with van der Waals surface area (Å²) in [7, 11) is 1.52. The zero-order valence-electron chi connectivity index (χ0n) is 22.2. The number of carbonyl (C=O) groups is 3. The van der Waals surface area contributed by atoms with Crippen LogP contribution >= 0.6 is 0 Å². The van der Waals surface area contributed by atoms with Gasteiger partial charge in [0.15, 0.2) is 5.78 Å². The lowest BCUT2D eigenvalue weighted by Gasteiger charge is -2.39. The Morgan fingerprint density at radius 2 is 1.79 bits per heavy atom. The van der Waals surface area contributed by atoms with Gasteiger partial charge in [-0.1, -0.05) is 30.3 Å². The minimum atomic E-state index is -1.22. The number of non-ortho nitro benzene ring substituents is 1. The molecule has 0 fully saturated rings. The van der Waals surface area contributed by atoms with Gasteiger partial charge in [0, 0.05) is 40.9 Å². The molecule has 0 saturated heterocycles. The van der Waals surface area contributed by atoms with Gasteiger partial charge in [0.25, 0.3) is 5.69 Å². The second-order valence-electron chi connectivity index (χ2n) is 9.21. The standard InChI is InChI=1S/C29H30N2O8/c1-5-38-28(33)23-16(3)30-21-15-20(19-12-7-8-13-22(19)37-4)25(29(34)39-6-2)27(32)26(21)24(23)17-10-9-11-18(14-17)31(35)36/h7-14,20,24-25,30H,5-6,15H2,1-4H3/t20-,24+,25+/m0/s1. The van der Waals surface area contributed by atoms with Gasteiger partial charge in [0.05, 0.1) is 30.8 Å². The van der Waals surface area contributed by atoms with Crippen molar-refractivity contribution in [2.24, 2.45) is 5.92 Å². The molecule has 10 nitrogen and oxygen atoms in total. The number of nitro benzene ring substituents is 1. The molecule has 0 saturated carbocycles. The Morgan fingerprint density at radius 1 is 1.08 bits per heavy atom. The monoisotopic (exact) mass is 534 g/mol. The molecule has 2 aliphatic rings. The molecule has 1 aliphatic carbocycles. The first-order valence-corrected chi connectivity index (χ1v) is 12.7. The van der Waals surface area contributed by atoms with Crippen LogP contribution in [-0.4, -0.2) is 43.0 Å². The molecule has 2 aromatic rings. The molecule has 4 rings (SSSR count). The molecule has 0 aromatic heterocycles. The van der Waals surface area contributed by atoms with Gasteiger partial charge in [-0.05, 0) is 44.4 Å². The van der Waals surface area contributed by atoms with Crippen LogP contribution in [0.4, 0.5) is 5.69 Å². The van der Waals surface area contributed by atoms with Crippen LogP contribution in [0.3, 0.4) is 0 Å². The number of hydrogen-bond acceptors (Lipinski definition) is 9. The smallest absolute Gasteiger partial charge is 0.336 e. The third-order valence-electron chi connectivity index (χ3n) is 7.01. The molecule has 1 heterocycles. The highest BCUT2D eigenvalue weighted by Gasteiger charge is 2.49. The van der Waals surface area contributed by atoms with Crippen LogP contribution in [0.25, 0.3) is 0 Å². The van der Waals surface area contributed by atoms with Gasteiger partial charge in [-0.25, -0.2) is 4.79 Å². The van der Waals surface area contributed by atoms with Crippen molar-refractivity contribution in [2.75, 3.05) is 20.3 Å². The number of ether oxygens (including phenoxy) is 3. The number of esters is 2. The van der Waals surface area contributed by atoms with Gasteiger partial charge < -0.3 is 19.5 Å². The molecule has 2 aromatic carbocycles. The largest absolute Gasteiger partial charge is 0.496 e. The number of nitro groups is 1. The number of para-hydroxylation sites is 1. The van der Waals surface area contributed by atoms with Gasteiger partial charge in [0.1, 0.15) is 11.7 Å². The molecule has 3 atom stereocenters. The molecular weight excluding hydrogens is 504 g/mol. The van der Waals surface area contributed by atoms with Crippen molar-refractivity contribution in [2.45, 2.75) is 39.0 Å². The van der Waals surface area contributed by atoms with E-state index in [1.807, 2.05) is 6.07 Å². The van der Waals surface area contributed by atoms with Crippen molar-refractivity contribution in [1.29, 1.82) is 0 Å². The second-order valence-corrected chi connectivity index (χ2v) is 9.21. The molecule has 0 unspecified atom stereocenters. The number of rotatable bonds is 8. The quantitative estimate of drug-likeness (QED) is 0.227. The summed E-state index contributed by atoms with van der Waals surface area (Å²) in [5, 5.41) is 14.8. The Bertz CT molecular complexity index is 1390. The highest BCUT2D eigenvalue weighted by molar-refractivity contribution is 6.13. The van der Waals surface area contributed by atoms with Crippen LogP contribution in [0, 0.1) is 16.0 Å². The Hall–Kier alpha value is -4.47. The number of methoxy groups -OCH3 is 1. The predicted molar refractivity (Wildman–Crippen MR) is 141 cm³/mol. The topological polar surface area (TPSA) is 134 Å². The average molecular weight is 535 g/mol. The molecule has 0 bridgehead atoms.